The highest BCUT2D eigenvalue weighted by Crippen LogP contribution is 2.46. The summed E-state index contributed by atoms with van der Waals surface area (Å²) >= 11 is 0. The minimum atomic E-state index is -6.21. The quantitative estimate of drug-likeness (QED) is 0.361. The third-order valence-corrected chi connectivity index (χ3v) is 3.47. The number of carbonyl (C=O) groups excluding carboxylic acids is 2. The van der Waals surface area contributed by atoms with Crippen molar-refractivity contribution in [1.29, 1.82) is 0 Å². The summed E-state index contributed by atoms with van der Waals surface area (Å²) in [6.07, 6.45) is -20.1. The van der Waals surface area contributed by atoms with E-state index in [2.05, 4.69) is 16.1 Å². The lowest BCUT2D eigenvalue weighted by Gasteiger charge is -2.34. The van der Waals surface area contributed by atoms with E-state index in [9.17, 15) is 44.7 Å². The number of ether oxygens (including phenoxy) is 2. The number of rotatable bonds is 8. The van der Waals surface area contributed by atoms with Gasteiger partial charge in [0.2, 0.25) is 0 Å². The Balaban J connectivity index is 5.41. The molecule has 0 spiro atoms. The van der Waals surface area contributed by atoms with Crippen LogP contribution in [0, 0.1) is 0 Å². The largest absolute Gasteiger partial charge is 0.458 e. The summed E-state index contributed by atoms with van der Waals surface area (Å²) in [6, 6.07) is 0. The summed E-state index contributed by atoms with van der Waals surface area (Å²) in [5.41, 5.74) is -5.58. The Morgan fingerprint density at radius 2 is 1.43 bits per heavy atom. The third kappa shape index (κ3) is 5.79. The molecule has 0 amide bonds. The molecule has 0 saturated heterocycles. The van der Waals surface area contributed by atoms with Gasteiger partial charge < -0.3 is 14.6 Å². The lowest BCUT2D eigenvalue weighted by atomic mass is 9.95. The monoisotopic (exact) mass is 430 g/mol. The predicted octanol–water partition coefficient (Wildman–Crippen LogP) is 3.70. The summed E-state index contributed by atoms with van der Waals surface area (Å²) in [5, 5.41) is 9.00. The van der Waals surface area contributed by atoms with Crippen LogP contribution in [-0.4, -0.2) is 53.1 Å². The van der Waals surface area contributed by atoms with Gasteiger partial charge in [-0.3, -0.25) is 0 Å². The molecule has 28 heavy (non-hydrogen) atoms. The average Bonchev–Trinajstić information content (AvgIpc) is 2.49. The molecule has 2 atom stereocenters. The first-order valence-electron chi connectivity index (χ1n) is 7.62. The van der Waals surface area contributed by atoms with Crippen LogP contribution in [0.5, 0.6) is 0 Å². The van der Waals surface area contributed by atoms with E-state index < -0.39 is 60.9 Å². The molecule has 13 heteroatoms. The van der Waals surface area contributed by atoms with Crippen molar-refractivity contribution in [3.8, 4) is 0 Å². The number of hydrogen-bond acceptors (Lipinski definition) is 5. The van der Waals surface area contributed by atoms with E-state index in [1.54, 1.807) is 0 Å². The Morgan fingerprint density at radius 3 is 1.75 bits per heavy atom. The van der Waals surface area contributed by atoms with Gasteiger partial charge in [0.15, 0.2) is 6.10 Å². The Bertz CT molecular complexity index is 582. The summed E-state index contributed by atoms with van der Waals surface area (Å²) in [7, 11) is 0. The molecular weight excluding hydrogens is 412 g/mol. The lowest BCUT2D eigenvalue weighted by Crippen LogP contribution is -2.58. The van der Waals surface area contributed by atoms with Crippen LogP contribution in [-0.2, 0) is 19.1 Å². The van der Waals surface area contributed by atoms with Crippen LogP contribution in [0.15, 0.2) is 12.2 Å². The zero-order chi connectivity index (χ0) is 22.7. The van der Waals surface area contributed by atoms with Gasteiger partial charge in [0.25, 0.3) is 5.60 Å². The number of halogens is 8. The predicted molar refractivity (Wildman–Crippen MR) is 77.2 cm³/mol. The highest BCUT2D eigenvalue weighted by Gasteiger charge is 2.70. The first-order chi connectivity index (χ1) is 12.3. The van der Waals surface area contributed by atoms with Crippen molar-refractivity contribution in [3.63, 3.8) is 0 Å². The second-order valence-electron chi connectivity index (χ2n) is 5.98. The van der Waals surface area contributed by atoms with Crippen LogP contribution in [0.1, 0.15) is 33.6 Å². The molecule has 5 nitrogen and oxygen atoms in total. The van der Waals surface area contributed by atoms with E-state index in [4.69, 9.17) is 5.11 Å². The van der Waals surface area contributed by atoms with E-state index in [0.717, 1.165) is 13.8 Å². The number of esters is 2. The number of hydrogen-bond donors (Lipinski definition) is 1. The Hall–Kier alpha value is -1.92. The zero-order valence-electron chi connectivity index (χ0n) is 14.9. The molecule has 0 aromatic heterocycles. The van der Waals surface area contributed by atoms with Gasteiger partial charge in [-0.05, 0) is 20.3 Å². The average molecular weight is 430 g/mol. The van der Waals surface area contributed by atoms with Gasteiger partial charge in [-0.1, -0.05) is 13.5 Å². The standard InChI is InChI=1S/C15H18F8O5/c1-5-9(28-10(24)7(2)3)13(16,17)11(25)27-8(4)6-12(26,14(18,19)20)15(21,22)23/h8-9,26H,2,5-6H2,1,3-4H3. The van der Waals surface area contributed by atoms with Gasteiger partial charge >= 0.3 is 30.2 Å². The number of carbonyl (C=O) groups is 2. The van der Waals surface area contributed by atoms with Crippen LogP contribution < -0.4 is 0 Å². The summed E-state index contributed by atoms with van der Waals surface area (Å²) in [6.45, 7) is 5.77. The Kier molecular flexibility index (Phi) is 8.03. The number of alkyl halides is 8. The van der Waals surface area contributed by atoms with Gasteiger partial charge in [0.05, 0.1) is 0 Å². The molecule has 0 saturated carbocycles. The van der Waals surface area contributed by atoms with E-state index >= 15 is 0 Å². The molecule has 0 radical (unpaired) electrons. The van der Waals surface area contributed by atoms with Crippen LogP contribution in [0.3, 0.4) is 0 Å². The maximum absolute atomic E-state index is 14.1. The molecule has 0 aliphatic carbocycles. The third-order valence-electron chi connectivity index (χ3n) is 3.47. The smallest absolute Gasteiger partial charge is 0.426 e. The van der Waals surface area contributed by atoms with Crippen LogP contribution in [0.2, 0.25) is 0 Å². The molecule has 0 heterocycles. The topological polar surface area (TPSA) is 72.8 Å². The van der Waals surface area contributed by atoms with Gasteiger partial charge in [0.1, 0.15) is 6.10 Å². The summed E-state index contributed by atoms with van der Waals surface area (Å²) in [5.74, 6) is -8.40. The van der Waals surface area contributed by atoms with Gasteiger partial charge in [-0.25, -0.2) is 9.59 Å². The van der Waals surface area contributed by atoms with Crippen LogP contribution >= 0.6 is 0 Å². The molecule has 0 bridgehead atoms. The van der Waals surface area contributed by atoms with Crippen molar-refractivity contribution >= 4 is 11.9 Å². The van der Waals surface area contributed by atoms with E-state index in [0.29, 0.717) is 6.92 Å². The molecule has 164 valence electrons. The van der Waals surface area contributed by atoms with Crippen molar-refractivity contribution in [2.24, 2.45) is 0 Å². The highest BCUT2D eigenvalue weighted by atomic mass is 19.4. The van der Waals surface area contributed by atoms with Crippen molar-refractivity contribution < 1.29 is 59.3 Å². The zero-order valence-corrected chi connectivity index (χ0v) is 14.9. The first kappa shape index (κ1) is 26.1. The SMILES string of the molecule is C=C(C)C(=O)OC(CC)C(F)(F)C(=O)OC(C)CC(O)(C(F)(F)F)C(F)(F)F. The fraction of sp³-hybridized carbons (Fsp3) is 0.733. The second kappa shape index (κ2) is 8.62. The number of aliphatic hydroxyl groups is 1. The van der Waals surface area contributed by atoms with Gasteiger partial charge in [-0.15, -0.1) is 0 Å². The highest BCUT2D eigenvalue weighted by molar-refractivity contribution is 5.87. The first-order valence-corrected chi connectivity index (χ1v) is 7.62. The molecule has 0 fully saturated rings. The Labute approximate surface area is 154 Å². The molecule has 0 aliphatic heterocycles. The van der Waals surface area contributed by atoms with Crippen molar-refractivity contribution in [2.75, 3.05) is 0 Å². The minimum absolute atomic E-state index is 0.295. The van der Waals surface area contributed by atoms with Crippen LogP contribution in [0.4, 0.5) is 35.1 Å². The maximum Gasteiger partial charge on any atom is 0.426 e. The molecule has 0 rings (SSSR count). The summed E-state index contributed by atoms with van der Waals surface area (Å²) in [4.78, 5) is 22.9. The maximum atomic E-state index is 14.1. The fourth-order valence-corrected chi connectivity index (χ4v) is 1.89. The van der Waals surface area contributed by atoms with Gasteiger partial charge in [-0.2, -0.15) is 35.1 Å². The lowest BCUT2D eigenvalue weighted by molar-refractivity contribution is -0.373. The Morgan fingerprint density at radius 1 is 1.00 bits per heavy atom. The molecule has 0 aromatic rings. The molecule has 2 unspecified atom stereocenters. The molecular formula is C15H18F8O5. The van der Waals surface area contributed by atoms with E-state index in [1.165, 1.54) is 0 Å². The van der Waals surface area contributed by atoms with Gasteiger partial charge in [0, 0.05) is 12.0 Å². The van der Waals surface area contributed by atoms with E-state index in [1.807, 2.05) is 0 Å². The molecule has 1 N–H and O–H groups in total. The van der Waals surface area contributed by atoms with Crippen molar-refractivity contribution in [3.05, 3.63) is 12.2 Å². The summed E-state index contributed by atoms with van der Waals surface area (Å²) < 4.78 is 112. The molecule has 0 aromatic carbocycles. The minimum Gasteiger partial charge on any atom is -0.458 e. The molecule has 0 aliphatic rings. The van der Waals surface area contributed by atoms with Crippen molar-refractivity contribution in [1.82, 2.24) is 0 Å². The van der Waals surface area contributed by atoms with Crippen LogP contribution in [0.25, 0.3) is 0 Å². The van der Waals surface area contributed by atoms with Crippen molar-refractivity contribution in [2.45, 2.75) is 69.7 Å². The normalized spacial score (nSPS) is 15.6. The van der Waals surface area contributed by atoms with E-state index in [-0.39, 0.29) is 5.57 Å². The second-order valence-corrected chi connectivity index (χ2v) is 5.98. The fourth-order valence-electron chi connectivity index (χ4n) is 1.89.